The molecule has 0 radical (unpaired) electrons. The van der Waals surface area contributed by atoms with E-state index in [0.717, 1.165) is 42.5 Å². The smallest absolute Gasteiger partial charge is 0.142 e. The lowest BCUT2D eigenvalue weighted by atomic mass is 10.3. The van der Waals surface area contributed by atoms with Gasteiger partial charge in [0.05, 0.1) is 11.4 Å². The molecule has 19 heavy (non-hydrogen) atoms. The van der Waals surface area contributed by atoms with Gasteiger partial charge in [0.1, 0.15) is 5.01 Å². The summed E-state index contributed by atoms with van der Waals surface area (Å²) in [5.74, 6) is 0. The molecule has 1 aliphatic rings. The van der Waals surface area contributed by atoms with Crippen LogP contribution < -0.4 is 5.73 Å². The maximum absolute atomic E-state index is 5.91. The van der Waals surface area contributed by atoms with Crippen LogP contribution in [0.25, 0.3) is 10.7 Å². The quantitative estimate of drug-likeness (QED) is 0.943. The van der Waals surface area contributed by atoms with E-state index in [-0.39, 0.29) is 12.4 Å². The number of aromatic nitrogens is 2. The molecule has 0 spiro atoms. The molecule has 4 nitrogen and oxygen atoms in total. The minimum absolute atomic E-state index is 0. The summed E-state index contributed by atoms with van der Waals surface area (Å²) < 4.78 is 0. The first-order valence-corrected chi connectivity index (χ1v) is 7.03. The Labute approximate surface area is 123 Å². The number of hydrogen-bond donors (Lipinski definition) is 1. The maximum Gasteiger partial charge on any atom is 0.142 e. The SMILES string of the molecule is Cl.N[C@@H]1CCN(Cc2csc(-c3ccccn3)n2)C1. The van der Waals surface area contributed by atoms with E-state index in [1.807, 2.05) is 18.2 Å². The maximum atomic E-state index is 5.91. The van der Waals surface area contributed by atoms with Gasteiger partial charge in [0.2, 0.25) is 0 Å². The molecule has 0 saturated carbocycles. The Kier molecular flexibility index (Phi) is 4.87. The number of halogens is 1. The first-order chi connectivity index (χ1) is 8.81. The standard InChI is InChI=1S/C13H16N4S.ClH/c14-10-4-6-17(7-10)8-11-9-18-13(16-11)12-3-1-2-5-15-12;/h1-3,5,9-10H,4,6-8,14H2;1H/t10-;/m1./s1. The second-order valence-electron chi connectivity index (χ2n) is 4.64. The molecule has 0 amide bonds. The average molecular weight is 297 g/mol. The molecule has 102 valence electrons. The van der Waals surface area contributed by atoms with E-state index < -0.39 is 0 Å². The van der Waals surface area contributed by atoms with Crippen LogP contribution in [0.2, 0.25) is 0 Å². The summed E-state index contributed by atoms with van der Waals surface area (Å²) in [6, 6.07) is 6.24. The van der Waals surface area contributed by atoms with Crippen molar-refractivity contribution in [2.45, 2.75) is 19.0 Å². The van der Waals surface area contributed by atoms with E-state index in [4.69, 9.17) is 5.73 Å². The molecule has 1 fully saturated rings. The Balaban J connectivity index is 0.00000133. The topological polar surface area (TPSA) is 55.0 Å². The number of hydrogen-bond acceptors (Lipinski definition) is 5. The highest BCUT2D eigenvalue weighted by molar-refractivity contribution is 7.13. The molecule has 0 aliphatic carbocycles. The Morgan fingerprint density at radius 1 is 1.42 bits per heavy atom. The van der Waals surface area contributed by atoms with E-state index in [1.165, 1.54) is 0 Å². The summed E-state index contributed by atoms with van der Waals surface area (Å²) in [6.07, 6.45) is 2.90. The van der Waals surface area contributed by atoms with Crippen LogP contribution >= 0.6 is 23.7 Å². The van der Waals surface area contributed by atoms with Crippen molar-refractivity contribution in [2.75, 3.05) is 13.1 Å². The van der Waals surface area contributed by atoms with Gasteiger partial charge in [-0.05, 0) is 18.6 Å². The zero-order chi connectivity index (χ0) is 12.4. The zero-order valence-electron chi connectivity index (χ0n) is 10.5. The summed E-state index contributed by atoms with van der Waals surface area (Å²) in [4.78, 5) is 11.3. The van der Waals surface area contributed by atoms with Crippen molar-refractivity contribution < 1.29 is 0 Å². The highest BCUT2D eigenvalue weighted by Crippen LogP contribution is 2.22. The largest absolute Gasteiger partial charge is 0.326 e. The molecule has 1 atom stereocenters. The van der Waals surface area contributed by atoms with Crippen molar-refractivity contribution in [1.82, 2.24) is 14.9 Å². The molecule has 3 heterocycles. The fourth-order valence-electron chi connectivity index (χ4n) is 2.22. The van der Waals surface area contributed by atoms with E-state index in [9.17, 15) is 0 Å². The van der Waals surface area contributed by atoms with Gasteiger partial charge < -0.3 is 5.73 Å². The summed E-state index contributed by atoms with van der Waals surface area (Å²) in [6.45, 7) is 2.96. The predicted molar refractivity (Wildman–Crippen MR) is 80.5 cm³/mol. The molecule has 3 rings (SSSR count). The van der Waals surface area contributed by atoms with Crippen LogP contribution in [-0.4, -0.2) is 34.0 Å². The predicted octanol–water partition coefficient (Wildman–Crippen LogP) is 2.16. The number of nitrogens with two attached hydrogens (primary N) is 1. The molecule has 2 N–H and O–H groups in total. The molecule has 0 aromatic carbocycles. The molecular weight excluding hydrogens is 280 g/mol. The van der Waals surface area contributed by atoms with Gasteiger partial charge in [-0.2, -0.15) is 0 Å². The fraction of sp³-hybridized carbons (Fsp3) is 0.385. The van der Waals surface area contributed by atoms with Crippen molar-refractivity contribution in [1.29, 1.82) is 0 Å². The fourth-order valence-corrected chi connectivity index (χ4v) is 3.01. The summed E-state index contributed by atoms with van der Waals surface area (Å²) in [7, 11) is 0. The van der Waals surface area contributed by atoms with Crippen LogP contribution in [0.3, 0.4) is 0 Å². The van der Waals surface area contributed by atoms with E-state index in [0.29, 0.717) is 6.04 Å². The van der Waals surface area contributed by atoms with Crippen molar-refractivity contribution >= 4 is 23.7 Å². The number of pyridine rings is 1. The Morgan fingerprint density at radius 2 is 2.32 bits per heavy atom. The van der Waals surface area contributed by atoms with Gasteiger partial charge in [0.15, 0.2) is 0 Å². The summed E-state index contributed by atoms with van der Waals surface area (Å²) >= 11 is 1.66. The molecule has 6 heteroatoms. The van der Waals surface area contributed by atoms with Gasteiger partial charge in [0, 0.05) is 37.3 Å². The molecule has 1 saturated heterocycles. The lowest BCUT2D eigenvalue weighted by Crippen LogP contribution is -2.26. The van der Waals surface area contributed by atoms with Gasteiger partial charge in [0.25, 0.3) is 0 Å². The molecule has 0 unspecified atom stereocenters. The van der Waals surface area contributed by atoms with Gasteiger partial charge in [-0.15, -0.1) is 23.7 Å². The van der Waals surface area contributed by atoms with Gasteiger partial charge in [-0.25, -0.2) is 4.98 Å². The first kappa shape index (κ1) is 14.4. The van der Waals surface area contributed by atoms with Crippen LogP contribution in [0.15, 0.2) is 29.8 Å². The van der Waals surface area contributed by atoms with Crippen molar-refractivity contribution in [3.63, 3.8) is 0 Å². The number of nitrogens with zero attached hydrogens (tertiary/aromatic N) is 3. The summed E-state index contributed by atoms with van der Waals surface area (Å²) in [5.41, 5.74) is 7.98. The normalized spacial score (nSPS) is 19.3. The van der Waals surface area contributed by atoms with Crippen LogP contribution in [-0.2, 0) is 6.54 Å². The third-order valence-electron chi connectivity index (χ3n) is 3.13. The molecule has 2 aromatic heterocycles. The van der Waals surface area contributed by atoms with E-state index >= 15 is 0 Å². The highest BCUT2D eigenvalue weighted by atomic mass is 35.5. The summed E-state index contributed by atoms with van der Waals surface area (Å²) in [5, 5.41) is 3.11. The highest BCUT2D eigenvalue weighted by Gasteiger charge is 2.19. The number of thiazole rings is 1. The van der Waals surface area contributed by atoms with Crippen molar-refractivity contribution in [3.8, 4) is 10.7 Å². The molecular formula is C13H17ClN4S. The Bertz CT molecular complexity index is 516. The van der Waals surface area contributed by atoms with Crippen molar-refractivity contribution in [3.05, 3.63) is 35.5 Å². The zero-order valence-corrected chi connectivity index (χ0v) is 12.2. The molecule has 1 aliphatic heterocycles. The van der Waals surface area contributed by atoms with Crippen molar-refractivity contribution in [2.24, 2.45) is 5.73 Å². The van der Waals surface area contributed by atoms with Gasteiger partial charge in [-0.1, -0.05) is 6.07 Å². The third kappa shape index (κ3) is 3.51. The first-order valence-electron chi connectivity index (χ1n) is 6.15. The average Bonchev–Trinajstić information content (AvgIpc) is 3.01. The van der Waals surface area contributed by atoms with Gasteiger partial charge in [-0.3, -0.25) is 9.88 Å². The molecule has 2 aromatic rings. The number of likely N-dealkylation sites (tertiary alicyclic amines) is 1. The van der Waals surface area contributed by atoms with Crippen LogP contribution in [0.5, 0.6) is 0 Å². The second kappa shape index (κ2) is 6.43. The van der Waals surface area contributed by atoms with Crippen LogP contribution in [0.1, 0.15) is 12.1 Å². The van der Waals surface area contributed by atoms with Crippen LogP contribution in [0, 0.1) is 0 Å². The monoisotopic (exact) mass is 296 g/mol. The van der Waals surface area contributed by atoms with Gasteiger partial charge >= 0.3 is 0 Å². The van der Waals surface area contributed by atoms with E-state index in [2.05, 4.69) is 20.2 Å². The lowest BCUT2D eigenvalue weighted by molar-refractivity contribution is 0.323. The second-order valence-corrected chi connectivity index (χ2v) is 5.50. The third-order valence-corrected chi connectivity index (χ3v) is 4.04. The Morgan fingerprint density at radius 3 is 3.00 bits per heavy atom. The Hall–Kier alpha value is -1.01. The minimum Gasteiger partial charge on any atom is -0.326 e. The minimum atomic E-state index is 0. The van der Waals surface area contributed by atoms with E-state index in [1.54, 1.807) is 17.5 Å². The van der Waals surface area contributed by atoms with Crippen LogP contribution in [0.4, 0.5) is 0 Å². The lowest BCUT2D eigenvalue weighted by Gasteiger charge is -2.12. The number of rotatable bonds is 3. The molecule has 0 bridgehead atoms.